The summed E-state index contributed by atoms with van der Waals surface area (Å²) in [6.45, 7) is 1.80. The van der Waals surface area contributed by atoms with E-state index in [1.165, 1.54) is 0 Å². The zero-order chi connectivity index (χ0) is 6.85. The van der Waals surface area contributed by atoms with Crippen molar-refractivity contribution < 1.29 is 4.79 Å². The number of hydrogen-bond acceptors (Lipinski definition) is 1. The monoisotopic (exact) mass is 187 g/mol. The van der Waals surface area contributed by atoms with Gasteiger partial charge in [-0.3, -0.25) is 4.79 Å². The molecule has 0 fully saturated rings. The molecule has 1 rings (SSSR count). The second-order valence-corrected chi connectivity index (χ2v) is 2.70. The fourth-order valence-corrected chi connectivity index (χ4v) is 0.861. The summed E-state index contributed by atoms with van der Waals surface area (Å²) in [5.74, 6) is -0.0595. The van der Waals surface area contributed by atoms with E-state index in [2.05, 4.69) is 20.9 Å². The average molecular weight is 188 g/mol. The van der Waals surface area contributed by atoms with Crippen molar-refractivity contribution in [2.45, 2.75) is 13.3 Å². The minimum Gasteiger partial charge on any atom is -0.272 e. The Hall–Kier alpha value is -0.440. The number of hydrogen-bond donors (Lipinski definition) is 0. The van der Waals surface area contributed by atoms with Gasteiger partial charge >= 0.3 is 0 Å². The maximum absolute atomic E-state index is 10.6. The fourth-order valence-electron chi connectivity index (χ4n) is 0.611. The van der Waals surface area contributed by atoms with Crippen molar-refractivity contribution in [1.82, 2.24) is 0 Å². The van der Waals surface area contributed by atoms with Crippen LogP contribution >= 0.6 is 15.9 Å². The molecular formula is C6H6BrNO. The number of aliphatic imine (C=N–C) groups is 1. The number of rotatable bonds is 0. The van der Waals surface area contributed by atoms with Crippen molar-refractivity contribution in [3.05, 3.63) is 10.6 Å². The number of amides is 1. The van der Waals surface area contributed by atoms with Crippen LogP contribution in [0.1, 0.15) is 13.3 Å². The first-order valence-electron chi connectivity index (χ1n) is 2.64. The van der Waals surface area contributed by atoms with Crippen molar-refractivity contribution in [2.24, 2.45) is 4.99 Å². The molecule has 0 bridgehead atoms. The molecule has 0 saturated heterocycles. The lowest BCUT2D eigenvalue weighted by atomic mass is 10.2. The Labute approximate surface area is 61.8 Å². The van der Waals surface area contributed by atoms with E-state index in [0.29, 0.717) is 6.42 Å². The Balaban J connectivity index is 2.87. The van der Waals surface area contributed by atoms with E-state index < -0.39 is 0 Å². The van der Waals surface area contributed by atoms with Gasteiger partial charge in [-0.05, 0) is 22.9 Å². The Bertz CT molecular complexity index is 205. The summed E-state index contributed by atoms with van der Waals surface area (Å²) in [5.41, 5.74) is 0.770. The molecule has 0 atom stereocenters. The highest BCUT2D eigenvalue weighted by Crippen LogP contribution is 2.13. The molecular weight excluding hydrogens is 182 g/mol. The Morgan fingerprint density at radius 2 is 2.44 bits per heavy atom. The van der Waals surface area contributed by atoms with Crippen molar-refractivity contribution >= 4 is 27.5 Å². The molecule has 1 aliphatic rings. The second kappa shape index (κ2) is 2.43. The van der Waals surface area contributed by atoms with Gasteiger partial charge in [-0.15, -0.1) is 0 Å². The van der Waals surface area contributed by atoms with Gasteiger partial charge in [-0.2, -0.15) is 0 Å². The van der Waals surface area contributed by atoms with Crippen LogP contribution in [0.15, 0.2) is 15.6 Å². The molecule has 0 aromatic carbocycles. The number of halogens is 1. The summed E-state index contributed by atoms with van der Waals surface area (Å²) in [5, 5.41) is 0. The lowest BCUT2D eigenvalue weighted by molar-refractivity contribution is -0.117. The first-order valence-corrected chi connectivity index (χ1v) is 3.43. The molecule has 9 heavy (non-hydrogen) atoms. The third-order valence-electron chi connectivity index (χ3n) is 1.09. The van der Waals surface area contributed by atoms with Crippen molar-refractivity contribution in [2.75, 3.05) is 0 Å². The van der Waals surface area contributed by atoms with Crippen LogP contribution in [0.25, 0.3) is 0 Å². The molecule has 0 aromatic heterocycles. The first-order chi connectivity index (χ1) is 4.20. The molecule has 1 aliphatic heterocycles. The quantitative estimate of drug-likeness (QED) is 0.568. The third-order valence-corrected chi connectivity index (χ3v) is 1.99. The molecule has 2 nitrogen and oxygen atoms in total. The highest BCUT2D eigenvalue weighted by molar-refractivity contribution is 9.12. The summed E-state index contributed by atoms with van der Waals surface area (Å²) >= 11 is 3.26. The van der Waals surface area contributed by atoms with Gasteiger partial charge in [0.1, 0.15) is 0 Å². The van der Waals surface area contributed by atoms with Crippen LogP contribution in [-0.2, 0) is 4.79 Å². The van der Waals surface area contributed by atoms with Crippen LogP contribution in [0.3, 0.4) is 0 Å². The van der Waals surface area contributed by atoms with Gasteiger partial charge in [-0.25, -0.2) is 4.99 Å². The predicted octanol–water partition coefficient (Wildman–Crippen LogP) is 1.66. The molecule has 0 N–H and O–H groups in total. The number of carbonyl (C=O) groups is 1. The van der Waals surface area contributed by atoms with E-state index in [9.17, 15) is 4.79 Å². The fraction of sp³-hybridized carbons (Fsp3) is 0.333. The van der Waals surface area contributed by atoms with Gasteiger partial charge in [0, 0.05) is 10.9 Å². The summed E-state index contributed by atoms with van der Waals surface area (Å²) in [7, 11) is 0. The topological polar surface area (TPSA) is 29.4 Å². The zero-order valence-electron chi connectivity index (χ0n) is 5.02. The summed E-state index contributed by atoms with van der Waals surface area (Å²) in [4.78, 5) is 14.3. The van der Waals surface area contributed by atoms with E-state index in [1.807, 2.05) is 6.08 Å². The molecule has 1 heterocycles. The average Bonchev–Trinajstić information content (AvgIpc) is 1.80. The van der Waals surface area contributed by atoms with Gasteiger partial charge in [-0.1, -0.05) is 6.08 Å². The van der Waals surface area contributed by atoms with Crippen LogP contribution in [0.4, 0.5) is 0 Å². The third kappa shape index (κ3) is 1.48. The van der Waals surface area contributed by atoms with E-state index in [4.69, 9.17) is 0 Å². The van der Waals surface area contributed by atoms with Crippen LogP contribution in [0.2, 0.25) is 0 Å². The molecule has 48 valence electrons. The summed E-state index contributed by atoms with van der Waals surface area (Å²) < 4.78 is 0.933. The molecule has 0 saturated carbocycles. The Kier molecular flexibility index (Phi) is 1.81. The van der Waals surface area contributed by atoms with Gasteiger partial charge < -0.3 is 0 Å². The number of allylic oxidation sites excluding steroid dienone is 1. The SMILES string of the molecule is CC1=NC(=O)CC=C1Br. The van der Waals surface area contributed by atoms with Crippen molar-refractivity contribution in [1.29, 1.82) is 0 Å². The molecule has 0 radical (unpaired) electrons. The predicted molar refractivity (Wildman–Crippen MR) is 39.7 cm³/mol. The summed E-state index contributed by atoms with van der Waals surface area (Å²) in [6, 6.07) is 0. The van der Waals surface area contributed by atoms with Crippen molar-refractivity contribution in [3.63, 3.8) is 0 Å². The molecule has 0 aliphatic carbocycles. The number of carbonyl (C=O) groups excluding carboxylic acids is 1. The second-order valence-electron chi connectivity index (χ2n) is 1.85. The van der Waals surface area contributed by atoms with Gasteiger partial charge in [0.15, 0.2) is 0 Å². The van der Waals surface area contributed by atoms with Crippen LogP contribution < -0.4 is 0 Å². The maximum atomic E-state index is 10.6. The number of nitrogens with zero attached hydrogens (tertiary/aromatic N) is 1. The van der Waals surface area contributed by atoms with E-state index in [1.54, 1.807) is 6.92 Å². The Morgan fingerprint density at radius 1 is 1.78 bits per heavy atom. The lowest BCUT2D eigenvalue weighted by Gasteiger charge is -2.02. The minimum absolute atomic E-state index is 0.0595. The van der Waals surface area contributed by atoms with Crippen LogP contribution in [-0.4, -0.2) is 11.6 Å². The summed E-state index contributed by atoms with van der Waals surface area (Å²) in [6.07, 6.45) is 2.25. The highest BCUT2D eigenvalue weighted by atomic mass is 79.9. The molecule has 0 aromatic rings. The lowest BCUT2D eigenvalue weighted by Crippen LogP contribution is -2.04. The van der Waals surface area contributed by atoms with Crippen LogP contribution in [0, 0.1) is 0 Å². The maximum Gasteiger partial charge on any atom is 0.249 e. The van der Waals surface area contributed by atoms with Crippen LogP contribution in [0.5, 0.6) is 0 Å². The minimum atomic E-state index is -0.0595. The van der Waals surface area contributed by atoms with E-state index in [0.717, 1.165) is 10.2 Å². The molecule has 3 heteroatoms. The molecule has 1 amide bonds. The zero-order valence-corrected chi connectivity index (χ0v) is 6.60. The highest BCUT2D eigenvalue weighted by Gasteiger charge is 2.06. The van der Waals surface area contributed by atoms with Gasteiger partial charge in [0.25, 0.3) is 0 Å². The largest absolute Gasteiger partial charge is 0.272 e. The molecule has 0 unspecified atom stereocenters. The van der Waals surface area contributed by atoms with E-state index in [-0.39, 0.29) is 5.91 Å². The van der Waals surface area contributed by atoms with Gasteiger partial charge in [0.2, 0.25) is 5.91 Å². The standard InChI is InChI=1S/C6H6BrNO/c1-4-5(7)2-3-6(9)8-4/h2H,3H2,1H3. The normalized spacial score (nSPS) is 19.1. The first kappa shape index (κ1) is 6.68. The van der Waals surface area contributed by atoms with Crippen molar-refractivity contribution in [3.8, 4) is 0 Å². The molecule has 0 spiro atoms. The smallest absolute Gasteiger partial charge is 0.249 e. The van der Waals surface area contributed by atoms with E-state index >= 15 is 0 Å². The van der Waals surface area contributed by atoms with Gasteiger partial charge in [0.05, 0.1) is 5.71 Å². The Morgan fingerprint density at radius 3 is 2.89 bits per heavy atom. The number of dihydropyridines is 1.